The highest BCUT2D eigenvalue weighted by Crippen LogP contribution is 2.31. The molecule has 1 saturated heterocycles. The first kappa shape index (κ1) is 26.0. The third-order valence-electron chi connectivity index (χ3n) is 5.32. The van der Waals surface area contributed by atoms with Gasteiger partial charge in [0, 0.05) is 50.1 Å². The fraction of sp³-hybridized carbons (Fsp3) is 0.333. The van der Waals surface area contributed by atoms with Gasteiger partial charge in [-0.15, -0.1) is 12.4 Å². The molecule has 0 bridgehead atoms. The van der Waals surface area contributed by atoms with Crippen molar-refractivity contribution in [1.29, 1.82) is 0 Å². The molecule has 2 aromatic carbocycles. The number of carbonyl (C=O) groups excluding carboxylic acids is 1. The zero-order valence-electron chi connectivity index (χ0n) is 18.2. The summed E-state index contributed by atoms with van der Waals surface area (Å²) < 4.78 is 29.9. The molecule has 1 aliphatic heterocycles. The number of halogens is 1. The van der Waals surface area contributed by atoms with Crippen LogP contribution < -0.4 is 4.90 Å². The van der Waals surface area contributed by atoms with Gasteiger partial charge in [0.15, 0.2) is 15.0 Å². The van der Waals surface area contributed by atoms with E-state index in [-0.39, 0.29) is 28.9 Å². The lowest BCUT2D eigenvalue weighted by atomic mass is 10.2. The first-order valence-corrected chi connectivity index (χ1v) is 12.9. The minimum atomic E-state index is -3.38. The number of sulfone groups is 1. The minimum absolute atomic E-state index is 0. The number of thiazole rings is 1. The third-order valence-corrected chi connectivity index (χ3v) is 7.47. The number of benzene rings is 2. The molecule has 0 radical (unpaired) electrons. The van der Waals surface area contributed by atoms with E-state index in [0.29, 0.717) is 47.2 Å². The van der Waals surface area contributed by atoms with Crippen molar-refractivity contribution in [2.45, 2.75) is 4.90 Å². The van der Waals surface area contributed by atoms with Crippen molar-refractivity contribution in [1.82, 2.24) is 9.88 Å². The van der Waals surface area contributed by atoms with E-state index in [1.165, 1.54) is 41.7 Å². The molecule has 1 aliphatic rings. The van der Waals surface area contributed by atoms with Crippen molar-refractivity contribution in [3.63, 3.8) is 0 Å². The van der Waals surface area contributed by atoms with Gasteiger partial charge in [-0.05, 0) is 30.3 Å². The summed E-state index contributed by atoms with van der Waals surface area (Å²) in [5, 5.41) is 11.4. The maximum atomic E-state index is 13.4. The van der Waals surface area contributed by atoms with E-state index in [4.69, 9.17) is 4.74 Å². The lowest BCUT2D eigenvalue weighted by Gasteiger charge is -2.29. The summed E-state index contributed by atoms with van der Waals surface area (Å²) >= 11 is 1.23. The molecule has 1 fully saturated rings. The molecule has 0 spiro atoms. The summed E-state index contributed by atoms with van der Waals surface area (Å²) in [4.78, 5) is 32.3. The van der Waals surface area contributed by atoms with Gasteiger partial charge in [0.25, 0.3) is 11.6 Å². The van der Waals surface area contributed by atoms with Gasteiger partial charge in [0.2, 0.25) is 0 Å². The SMILES string of the molecule is CS(=O)(=O)c1ccc2nc(N(CCN3CCOCC3)C(=O)c3ccc([N+](=O)[O-])cc3)sc2c1.Cl. The van der Waals surface area contributed by atoms with Gasteiger partial charge < -0.3 is 4.74 Å². The molecule has 2 heterocycles. The summed E-state index contributed by atoms with van der Waals surface area (Å²) in [6, 6.07) is 10.1. The molecule has 3 aromatic rings. The van der Waals surface area contributed by atoms with Crippen molar-refractivity contribution in [2.24, 2.45) is 0 Å². The number of rotatable bonds is 7. The molecule has 13 heteroatoms. The normalized spacial score (nSPS) is 14.5. The number of carbonyl (C=O) groups is 1. The van der Waals surface area contributed by atoms with E-state index in [9.17, 15) is 23.3 Å². The van der Waals surface area contributed by atoms with E-state index in [0.717, 1.165) is 19.3 Å². The highest BCUT2D eigenvalue weighted by Gasteiger charge is 2.24. The molecular formula is C21H23ClN4O6S2. The zero-order valence-corrected chi connectivity index (χ0v) is 20.7. The largest absolute Gasteiger partial charge is 0.379 e. The Morgan fingerprint density at radius 2 is 1.88 bits per heavy atom. The van der Waals surface area contributed by atoms with Gasteiger partial charge in [-0.1, -0.05) is 11.3 Å². The number of morpholine rings is 1. The van der Waals surface area contributed by atoms with Crippen LogP contribution in [-0.2, 0) is 14.6 Å². The van der Waals surface area contributed by atoms with Crippen LogP contribution in [0.5, 0.6) is 0 Å². The Morgan fingerprint density at radius 3 is 2.50 bits per heavy atom. The Bertz CT molecular complexity index is 1290. The van der Waals surface area contributed by atoms with Crippen LogP contribution in [0.25, 0.3) is 10.2 Å². The number of fused-ring (bicyclic) bond motifs is 1. The fourth-order valence-electron chi connectivity index (χ4n) is 3.47. The van der Waals surface area contributed by atoms with E-state index in [1.807, 2.05) is 0 Å². The van der Waals surface area contributed by atoms with Crippen LogP contribution in [0.4, 0.5) is 10.8 Å². The van der Waals surface area contributed by atoms with Crippen LogP contribution in [0, 0.1) is 10.1 Å². The van der Waals surface area contributed by atoms with E-state index < -0.39 is 14.8 Å². The van der Waals surface area contributed by atoms with E-state index in [2.05, 4.69) is 9.88 Å². The van der Waals surface area contributed by atoms with Gasteiger partial charge in [-0.3, -0.25) is 24.7 Å². The summed E-state index contributed by atoms with van der Waals surface area (Å²) in [5.74, 6) is -0.333. The lowest BCUT2D eigenvalue weighted by molar-refractivity contribution is -0.384. The minimum Gasteiger partial charge on any atom is -0.379 e. The van der Waals surface area contributed by atoms with E-state index in [1.54, 1.807) is 17.0 Å². The van der Waals surface area contributed by atoms with Crippen molar-refractivity contribution in [3.8, 4) is 0 Å². The summed E-state index contributed by atoms with van der Waals surface area (Å²) in [5.41, 5.74) is 0.800. The summed E-state index contributed by atoms with van der Waals surface area (Å²) in [6.45, 7) is 3.74. The molecule has 0 saturated carbocycles. The van der Waals surface area contributed by atoms with Crippen LogP contribution in [-0.4, -0.2) is 74.8 Å². The Morgan fingerprint density at radius 1 is 1.21 bits per heavy atom. The number of nitro benzene ring substituents is 1. The standard InChI is InChI=1S/C21H22N4O6S2.ClH/c1-33(29,30)17-6-7-18-19(14-17)32-21(22-18)24(9-8-23-10-12-31-13-11-23)20(26)15-2-4-16(5-3-15)25(27)28;/h2-7,14H,8-13H2,1H3;1H. The highest BCUT2D eigenvalue weighted by atomic mass is 35.5. The quantitative estimate of drug-likeness (QED) is 0.340. The van der Waals surface area contributed by atoms with Crippen LogP contribution in [0.1, 0.15) is 10.4 Å². The lowest BCUT2D eigenvalue weighted by Crippen LogP contribution is -2.43. The third kappa shape index (κ3) is 5.88. The molecule has 182 valence electrons. The Balaban J connectivity index is 0.00000324. The number of nitro groups is 1. The van der Waals surface area contributed by atoms with Gasteiger partial charge in [-0.2, -0.15) is 0 Å². The molecule has 0 atom stereocenters. The molecule has 0 aliphatic carbocycles. The Kier molecular flexibility index (Phi) is 8.21. The molecule has 1 aromatic heterocycles. The van der Waals surface area contributed by atoms with Gasteiger partial charge in [0.1, 0.15) is 0 Å². The number of non-ortho nitro benzene ring substituents is 1. The van der Waals surface area contributed by atoms with Gasteiger partial charge in [-0.25, -0.2) is 13.4 Å². The molecule has 0 N–H and O–H groups in total. The number of hydrogen-bond acceptors (Lipinski definition) is 9. The maximum absolute atomic E-state index is 13.4. The molecule has 4 rings (SSSR count). The number of ether oxygens (including phenoxy) is 1. The molecule has 10 nitrogen and oxygen atoms in total. The van der Waals surface area contributed by atoms with E-state index >= 15 is 0 Å². The second-order valence-corrected chi connectivity index (χ2v) is 10.6. The number of anilines is 1. The second kappa shape index (κ2) is 10.7. The second-order valence-electron chi connectivity index (χ2n) is 7.61. The van der Waals surface area contributed by atoms with Gasteiger partial charge >= 0.3 is 0 Å². The zero-order chi connectivity index (χ0) is 23.6. The molecule has 0 unspecified atom stereocenters. The predicted octanol–water partition coefficient (Wildman–Crippen LogP) is 3.01. The first-order valence-electron chi connectivity index (χ1n) is 10.2. The summed E-state index contributed by atoms with van der Waals surface area (Å²) in [6.07, 6.45) is 1.14. The van der Waals surface area contributed by atoms with Crippen molar-refractivity contribution >= 4 is 60.5 Å². The Labute approximate surface area is 206 Å². The smallest absolute Gasteiger partial charge is 0.269 e. The number of aromatic nitrogens is 1. The Hall–Kier alpha value is -2.64. The van der Waals surface area contributed by atoms with Crippen LogP contribution in [0.3, 0.4) is 0 Å². The maximum Gasteiger partial charge on any atom is 0.269 e. The van der Waals surface area contributed by atoms with Crippen LogP contribution in [0.2, 0.25) is 0 Å². The fourth-order valence-corrected chi connectivity index (χ4v) is 5.22. The topological polar surface area (TPSA) is 123 Å². The van der Waals surface area contributed by atoms with Crippen molar-refractivity contribution < 1.29 is 22.9 Å². The van der Waals surface area contributed by atoms with Crippen molar-refractivity contribution in [2.75, 3.05) is 50.5 Å². The highest BCUT2D eigenvalue weighted by molar-refractivity contribution is 7.90. The average Bonchev–Trinajstić information content (AvgIpc) is 3.22. The van der Waals surface area contributed by atoms with Crippen LogP contribution in [0.15, 0.2) is 47.4 Å². The van der Waals surface area contributed by atoms with Gasteiger partial charge in [0.05, 0.1) is 33.2 Å². The number of hydrogen-bond donors (Lipinski definition) is 0. The predicted molar refractivity (Wildman–Crippen MR) is 132 cm³/mol. The molecule has 34 heavy (non-hydrogen) atoms. The summed E-state index contributed by atoms with van der Waals surface area (Å²) in [7, 11) is -3.38. The van der Waals surface area contributed by atoms with Crippen molar-refractivity contribution in [3.05, 3.63) is 58.1 Å². The molecular weight excluding hydrogens is 504 g/mol. The number of nitrogens with zero attached hydrogens (tertiary/aromatic N) is 4. The van der Waals surface area contributed by atoms with Crippen LogP contribution >= 0.6 is 23.7 Å². The average molecular weight is 527 g/mol. The monoisotopic (exact) mass is 526 g/mol. The molecule has 1 amide bonds. The first-order chi connectivity index (χ1) is 15.7. The number of amides is 1.